The van der Waals surface area contributed by atoms with Crippen LogP contribution in [0, 0.1) is 0 Å². The van der Waals surface area contributed by atoms with Crippen molar-refractivity contribution in [2.75, 3.05) is 0 Å². The molecule has 0 bridgehead atoms. The molecular weight excluding hydrogens is 200 g/mol. The average Bonchev–Trinajstić information content (AvgIpc) is 2.13. The number of carboxylic acids is 1. The standard InChI is InChI=1S/C5H5BrN2O2/c6-4-1-2-8(7-4)3-5(9)10/h1-2H,3H2,(H,9,10). The number of carbonyl (C=O) groups is 1. The van der Waals surface area contributed by atoms with Crippen molar-refractivity contribution in [3.05, 3.63) is 16.9 Å². The van der Waals surface area contributed by atoms with E-state index >= 15 is 0 Å². The second-order valence-corrected chi connectivity index (χ2v) is 2.54. The highest BCUT2D eigenvalue weighted by Gasteiger charge is 1.99. The lowest BCUT2D eigenvalue weighted by molar-refractivity contribution is -0.137. The molecule has 1 N–H and O–H groups in total. The molecule has 0 aromatic carbocycles. The van der Waals surface area contributed by atoms with Crippen LogP contribution in [0.4, 0.5) is 0 Å². The predicted octanol–water partition coefficient (Wildman–Crippen LogP) is 0.730. The number of rotatable bonds is 2. The van der Waals surface area contributed by atoms with E-state index < -0.39 is 5.97 Å². The van der Waals surface area contributed by atoms with Gasteiger partial charge in [0, 0.05) is 6.20 Å². The Morgan fingerprint density at radius 2 is 2.60 bits per heavy atom. The van der Waals surface area contributed by atoms with Crippen molar-refractivity contribution in [2.45, 2.75) is 6.54 Å². The maximum Gasteiger partial charge on any atom is 0.325 e. The van der Waals surface area contributed by atoms with Gasteiger partial charge in [-0.2, -0.15) is 5.10 Å². The summed E-state index contributed by atoms with van der Waals surface area (Å²) in [5.41, 5.74) is 0. The van der Waals surface area contributed by atoms with E-state index in [9.17, 15) is 4.79 Å². The Kier molecular flexibility index (Phi) is 2.06. The quantitative estimate of drug-likeness (QED) is 0.774. The summed E-state index contributed by atoms with van der Waals surface area (Å²) in [4.78, 5) is 10.1. The maximum atomic E-state index is 10.1. The molecule has 0 amide bonds. The normalized spacial score (nSPS) is 9.70. The van der Waals surface area contributed by atoms with Gasteiger partial charge in [0.2, 0.25) is 0 Å². The molecule has 54 valence electrons. The predicted molar refractivity (Wildman–Crippen MR) is 37.6 cm³/mol. The zero-order valence-electron chi connectivity index (χ0n) is 4.99. The fourth-order valence-electron chi connectivity index (χ4n) is 0.564. The third kappa shape index (κ3) is 1.84. The van der Waals surface area contributed by atoms with Crippen LogP contribution in [0.3, 0.4) is 0 Å². The van der Waals surface area contributed by atoms with Gasteiger partial charge in [0.25, 0.3) is 0 Å². The van der Waals surface area contributed by atoms with Crippen molar-refractivity contribution in [3.63, 3.8) is 0 Å². The van der Waals surface area contributed by atoms with Gasteiger partial charge in [-0.15, -0.1) is 0 Å². The molecule has 0 radical (unpaired) electrons. The topological polar surface area (TPSA) is 55.1 Å². The van der Waals surface area contributed by atoms with Crippen molar-refractivity contribution < 1.29 is 9.90 Å². The molecular formula is C5H5BrN2O2. The molecule has 0 fully saturated rings. The third-order valence-corrected chi connectivity index (χ3v) is 1.33. The second kappa shape index (κ2) is 2.83. The van der Waals surface area contributed by atoms with Crippen LogP contribution in [0.25, 0.3) is 0 Å². The van der Waals surface area contributed by atoms with Crippen molar-refractivity contribution in [3.8, 4) is 0 Å². The highest BCUT2D eigenvalue weighted by atomic mass is 79.9. The zero-order chi connectivity index (χ0) is 7.56. The molecule has 0 atom stereocenters. The first-order valence-corrected chi connectivity index (χ1v) is 3.38. The fourth-order valence-corrected chi connectivity index (χ4v) is 0.885. The summed E-state index contributed by atoms with van der Waals surface area (Å²) in [5.74, 6) is -0.893. The number of aliphatic carboxylic acids is 1. The van der Waals surface area contributed by atoms with Crippen molar-refractivity contribution in [1.29, 1.82) is 0 Å². The molecule has 5 heteroatoms. The molecule has 1 rings (SSSR count). The Balaban J connectivity index is 2.67. The van der Waals surface area contributed by atoms with Gasteiger partial charge in [-0.25, -0.2) is 0 Å². The van der Waals surface area contributed by atoms with Gasteiger partial charge < -0.3 is 5.11 Å². The molecule has 0 saturated heterocycles. The Labute approximate surface area is 65.6 Å². The van der Waals surface area contributed by atoms with E-state index in [0.717, 1.165) is 0 Å². The number of hydrogen-bond acceptors (Lipinski definition) is 2. The molecule has 0 saturated carbocycles. The van der Waals surface area contributed by atoms with Crippen LogP contribution >= 0.6 is 15.9 Å². The first-order chi connectivity index (χ1) is 4.68. The lowest BCUT2D eigenvalue weighted by Crippen LogP contribution is -2.08. The highest BCUT2D eigenvalue weighted by Crippen LogP contribution is 2.03. The molecule has 1 aromatic heterocycles. The zero-order valence-corrected chi connectivity index (χ0v) is 6.58. The highest BCUT2D eigenvalue weighted by molar-refractivity contribution is 9.10. The van der Waals surface area contributed by atoms with Crippen LogP contribution in [0.15, 0.2) is 16.9 Å². The summed E-state index contributed by atoms with van der Waals surface area (Å²) in [6, 6.07) is 1.68. The fraction of sp³-hybridized carbons (Fsp3) is 0.200. The van der Waals surface area contributed by atoms with E-state index in [2.05, 4.69) is 21.0 Å². The summed E-state index contributed by atoms with van der Waals surface area (Å²) in [6.45, 7) is -0.0917. The number of hydrogen-bond donors (Lipinski definition) is 1. The van der Waals surface area contributed by atoms with Crippen LogP contribution in [0.5, 0.6) is 0 Å². The largest absolute Gasteiger partial charge is 0.480 e. The van der Waals surface area contributed by atoms with E-state index in [1.807, 2.05) is 0 Å². The molecule has 4 nitrogen and oxygen atoms in total. The minimum Gasteiger partial charge on any atom is -0.480 e. The van der Waals surface area contributed by atoms with Crippen LogP contribution in [0.1, 0.15) is 0 Å². The van der Waals surface area contributed by atoms with Gasteiger partial charge in [-0.05, 0) is 22.0 Å². The van der Waals surface area contributed by atoms with E-state index in [1.54, 1.807) is 12.3 Å². The molecule has 1 heterocycles. The first kappa shape index (κ1) is 7.27. The van der Waals surface area contributed by atoms with Gasteiger partial charge in [0.05, 0.1) is 0 Å². The Bertz CT molecular complexity index is 246. The van der Waals surface area contributed by atoms with E-state index in [0.29, 0.717) is 4.60 Å². The second-order valence-electron chi connectivity index (χ2n) is 1.73. The smallest absolute Gasteiger partial charge is 0.325 e. The van der Waals surface area contributed by atoms with Gasteiger partial charge in [-0.3, -0.25) is 9.48 Å². The Hall–Kier alpha value is -0.840. The van der Waals surface area contributed by atoms with Gasteiger partial charge in [0.15, 0.2) is 0 Å². The monoisotopic (exact) mass is 204 g/mol. The van der Waals surface area contributed by atoms with Crippen LogP contribution < -0.4 is 0 Å². The Morgan fingerprint density at radius 3 is 3.00 bits per heavy atom. The number of carboxylic acid groups (broad SMARTS) is 1. The summed E-state index contributed by atoms with van der Waals surface area (Å²) in [6.07, 6.45) is 1.60. The van der Waals surface area contributed by atoms with E-state index in [4.69, 9.17) is 5.11 Å². The lowest BCUT2D eigenvalue weighted by Gasteiger charge is -1.92. The summed E-state index contributed by atoms with van der Waals surface area (Å²) in [5, 5.41) is 12.1. The van der Waals surface area contributed by atoms with Crippen molar-refractivity contribution in [1.82, 2.24) is 9.78 Å². The van der Waals surface area contributed by atoms with E-state index in [-0.39, 0.29) is 6.54 Å². The average molecular weight is 205 g/mol. The van der Waals surface area contributed by atoms with Crippen molar-refractivity contribution >= 4 is 21.9 Å². The van der Waals surface area contributed by atoms with Crippen LogP contribution in [0.2, 0.25) is 0 Å². The third-order valence-electron chi connectivity index (χ3n) is 0.905. The SMILES string of the molecule is O=C(O)Cn1ccc(Br)n1. The minimum absolute atomic E-state index is 0.0917. The first-order valence-electron chi connectivity index (χ1n) is 2.59. The lowest BCUT2D eigenvalue weighted by atomic mass is 10.6. The summed E-state index contributed by atoms with van der Waals surface area (Å²) < 4.78 is 1.99. The maximum absolute atomic E-state index is 10.1. The van der Waals surface area contributed by atoms with Crippen LogP contribution in [-0.2, 0) is 11.3 Å². The van der Waals surface area contributed by atoms with Crippen LogP contribution in [-0.4, -0.2) is 20.9 Å². The van der Waals surface area contributed by atoms with Crippen molar-refractivity contribution in [2.24, 2.45) is 0 Å². The molecule has 0 unspecified atom stereocenters. The molecule has 0 aliphatic carbocycles. The molecule has 1 aromatic rings. The van der Waals surface area contributed by atoms with Gasteiger partial charge in [0.1, 0.15) is 11.1 Å². The molecule has 0 aliphatic heterocycles. The molecule has 0 spiro atoms. The molecule has 0 aliphatic rings. The number of aromatic nitrogens is 2. The van der Waals surface area contributed by atoms with Gasteiger partial charge in [-0.1, -0.05) is 0 Å². The number of halogens is 1. The number of nitrogens with zero attached hydrogens (tertiary/aromatic N) is 2. The van der Waals surface area contributed by atoms with Gasteiger partial charge >= 0.3 is 5.97 Å². The summed E-state index contributed by atoms with van der Waals surface area (Å²) in [7, 11) is 0. The summed E-state index contributed by atoms with van der Waals surface area (Å²) >= 11 is 3.10. The Morgan fingerprint density at radius 1 is 1.90 bits per heavy atom. The minimum atomic E-state index is -0.893. The van der Waals surface area contributed by atoms with E-state index in [1.165, 1.54) is 4.68 Å². The molecule has 10 heavy (non-hydrogen) atoms.